The highest BCUT2D eigenvalue weighted by atomic mass is 19.1. The number of carbonyl (C=O) groups excluding carboxylic acids is 3. The van der Waals surface area contributed by atoms with E-state index in [2.05, 4.69) is 27.3 Å². The number of nitrogens with zero attached hydrogens (tertiary/aromatic N) is 3. The number of benzene rings is 2. The molecule has 1 atom stereocenters. The van der Waals surface area contributed by atoms with Crippen LogP contribution in [0.5, 0.6) is 0 Å². The number of carbonyl (C=O) groups is 3. The minimum absolute atomic E-state index is 0.102. The summed E-state index contributed by atoms with van der Waals surface area (Å²) in [7, 11) is 0. The number of amides is 3. The van der Waals surface area contributed by atoms with Crippen molar-refractivity contribution in [3.8, 4) is 0 Å². The number of fused-ring (bicyclic) bond motifs is 1. The van der Waals surface area contributed by atoms with Gasteiger partial charge in [-0.2, -0.15) is 5.10 Å². The molecule has 0 bridgehead atoms. The second kappa shape index (κ2) is 10.8. The van der Waals surface area contributed by atoms with Gasteiger partial charge in [-0.1, -0.05) is 25.6 Å². The van der Waals surface area contributed by atoms with Crippen molar-refractivity contribution in [1.82, 2.24) is 19.7 Å². The van der Waals surface area contributed by atoms with Crippen LogP contribution in [0.3, 0.4) is 0 Å². The first-order valence-corrected chi connectivity index (χ1v) is 12.4. The van der Waals surface area contributed by atoms with Crippen LogP contribution in [0.4, 0.5) is 15.8 Å². The number of hydrogen-bond donors (Lipinski definition) is 3. The molecule has 3 N–H and O–H groups in total. The fourth-order valence-electron chi connectivity index (χ4n) is 4.77. The van der Waals surface area contributed by atoms with Crippen molar-refractivity contribution in [3.63, 3.8) is 0 Å². The van der Waals surface area contributed by atoms with E-state index in [1.807, 2.05) is 6.92 Å². The van der Waals surface area contributed by atoms with Crippen molar-refractivity contribution >= 4 is 29.1 Å². The molecule has 0 saturated heterocycles. The predicted octanol–water partition coefficient (Wildman–Crippen LogP) is 4.53. The summed E-state index contributed by atoms with van der Waals surface area (Å²) in [4.78, 5) is 42.8. The normalized spacial score (nSPS) is 14.4. The molecule has 9 nitrogen and oxygen atoms in total. The Balaban J connectivity index is 1.45. The Bertz CT molecular complexity index is 1520. The quantitative estimate of drug-likeness (QED) is 0.307. The molecule has 39 heavy (non-hydrogen) atoms. The summed E-state index contributed by atoms with van der Waals surface area (Å²) in [6.07, 6.45) is 2.87. The van der Waals surface area contributed by atoms with E-state index < -0.39 is 5.91 Å². The second-order valence-electron chi connectivity index (χ2n) is 9.39. The molecule has 5 rings (SSSR count). The second-order valence-corrected chi connectivity index (χ2v) is 9.39. The SMILES string of the molecule is C=CC(=O)Nc1ccc(NC(=O)c2nn(Cc3ccc(F)cc3)c3c2CN(C(=O)c2ccc[nH]2)C[C@@H]3C)cc1. The highest BCUT2D eigenvalue weighted by Gasteiger charge is 2.34. The van der Waals surface area contributed by atoms with Gasteiger partial charge in [-0.15, -0.1) is 0 Å². The third kappa shape index (κ3) is 5.49. The zero-order valence-corrected chi connectivity index (χ0v) is 21.3. The number of aromatic amines is 1. The summed E-state index contributed by atoms with van der Waals surface area (Å²) < 4.78 is 15.2. The maximum Gasteiger partial charge on any atom is 0.276 e. The van der Waals surface area contributed by atoms with Crippen molar-refractivity contribution in [2.45, 2.75) is 25.9 Å². The van der Waals surface area contributed by atoms with Crippen LogP contribution in [-0.2, 0) is 17.9 Å². The Hall–Kier alpha value is -4.99. The van der Waals surface area contributed by atoms with E-state index in [4.69, 9.17) is 0 Å². The van der Waals surface area contributed by atoms with Crippen molar-refractivity contribution in [1.29, 1.82) is 0 Å². The molecule has 0 radical (unpaired) electrons. The van der Waals surface area contributed by atoms with Crippen molar-refractivity contribution < 1.29 is 18.8 Å². The highest BCUT2D eigenvalue weighted by molar-refractivity contribution is 6.04. The molecule has 0 aliphatic carbocycles. The van der Waals surface area contributed by atoms with Crippen LogP contribution in [0.15, 0.2) is 79.5 Å². The van der Waals surface area contributed by atoms with Crippen molar-refractivity contribution in [3.05, 3.63) is 114 Å². The summed E-state index contributed by atoms with van der Waals surface area (Å²) in [5, 5.41) is 10.2. The van der Waals surface area contributed by atoms with Crippen LogP contribution in [0.25, 0.3) is 0 Å². The van der Waals surface area contributed by atoms with Crippen LogP contribution in [0.2, 0.25) is 0 Å². The Morgan fingerprint density at radius 2 is 1.77 bits per heavy atom. The van der Waals surface area contributed by atoms with E-state index in [1.165, 1.54) is 18.2 Å². The first-order valence-electron chi connectivity index (χ1n) is 12.4. The van der Waals surface area contributed by atoms with Crippen LogP contribution < -0.4 is 10.6 Å². The molecule has 0 saturated carbocycles. The van der Waals surface area contributed by atoms with Gasteiger partial charge in [0.05, 0.1) is 13.1 Å². The molecular formula is C29H27FN6O3. The zero-order valence-electron chi connectivity index (χ0n) is 21.3. The Morgan fingerprint density at radius 1 is 1.08 bits per heavy atom. The molecule has 0 unspecified atom stereocenters. The monoisotopic (exact) mass is 526 g/mol. The largest absolute Gasteiger partial charge is 0.357 e. The number of hydrogen-bond acceptors (Lipinski definition) is 4. The van der Waals surface area contributed by atoms with Crippen molar-refractivity contribution in [2.75, 3.05) is 17.2 Å². The molecule has 1 aliphatic heterocycles. The molecule has 10 heteroatoms. The topological polar surface area (TPSA) is 112 Å². The smallest absolute Gasteiger partial charge is 0.276 e. The molecule has 2 aromatic carbocycles. The maximum atomic E-state index is 13.5. The van der Waals surface area contributed by atoms with Gasteiger partial charge in [-0.05, 0) is 60.2 Å². The van der Waals surface area contributed by atoms with Gasteiger partial charge in [0.25, 0.3) is 11.8 Å². The third-order valence-corrected chi connectivity index (χ3v) is 6.58. The zero-order chi connectivity index (χ0) is 27.5. The number of H-pyrrole nitrogens is 1. The first-order chi connectivity index (χ1) is 18.8. The maximum absolute atomic E-state index is 13.5. The van der Waals surface area contributed by atoms with E-state index in [0.717, 1.165) is 11.3 Å². The van der Waals surface area contributed by atoms with E-state index in [1.54, 1.807) is 64.3 Å². The standard InChI is InChI=1S/C29H27FN6O3/c1-3-25(37)32-21-10-12-22(13-11-21)33-28(38)26-23-17-35(29(39)24-5-4-14-31-24)15-18(2)27(23)36(34-26)16-19-6-8-20(30)9-7-19/h3-14,18,31H,1,15-17H2,2H3,(H,32,37)(H,33,38)/t18-/m0/s1. The number of anilines is 2. The van der Waals surface area contributed by atoms with Gasteiger partial charge in [0.1, 0.15) is 11.5 Å². The third-order valence-electron chi connectivity index (χ3n) is 6.58. The van der Waals surface area contributed by atoms with Crippen molar-refractivity contribution in [2.24, 2.45) is 0 Å². The first kappa shape index (κ1) is 25.7. The summed E-state index contributed by atoms with van der Waals surface area (Å²) in [5.41, 5.74) is 4.13. The van der Waals surface area contributed by atoms with Crippen LogP contribution in [-0.4, -0.2) is 43.9 Å². The van der Waals surface area contributed by atoms with Gasteiger partial charge in [-0.25, -0.2) is 4.39 Å². The van der Waals surface area contributed by atoms with Crippen LogP contribution in [0, 0.1) is 5.82 Å². The number of aromatic nitrogens is 3. The summed E-state index contributed by atoms with van der Waals surface area (Å²) in [6, 6.07) is 16.3. The Labute approximate surface area is 224 Å². The molecule has 4 aromatic rings. The molecule has 0 fully saturated rings. The van der Waals surface area contributed by atoms with Crippen LogP contribution in [0.1, 0.15) is 50.6 Å². The van der Waals surface area contributed by atoms with Crippen LogP contribution >= 0.6 is 0 Å². The molecule has 1 aliphatic rings. The van der Waals surface area contributed by atoms with E-state index in [0.29, 0.717) is 35.7 Å². The lowest BCUT2D eigenvalue weighted by atomic mass is 9.95. The molecule has 198 valence electrons. The number of halogens is 1. The van der Waals surface area contributed by atoms with Gasteiger partial charge in [0.15, 0.2) is 5.69 Å². The number of rotatable bonds is 7. The van der Waals surface area contributed by atoms with Gasteiger partial charge < -0.3 is 20.5 Å². The molecule has 0 spiro atoms. The van der Waals surface area contributed by atoms with E-state index in [9.17, 15) is 18.8 Å². The summed E-state index contributed by atoms with van der Waals surface area (Å²) >= 11 is 0. The average molecular weight is 527 g/mol. The minimum Gasteiger partial charge on any atom is -0.357 e. The van der Waals surface area contributed by atoms with Gasteiger partial charge in [-0.3, -0.25) is 19.1 Å². The molecular weight excluding hydrogens is 499 g/mol. The van der Waals surface area contributed by atoms with E-state index in [-0.39, 0.29) is 35.8 Å². The lowest BCUT2D eigenvalue weighted by molar-refractivity contribution is -0.111. The molecule has 3 heterocycles. The lowest BCUT2D eigenvalue weighted by Crippen LogP contribution is -2.38. The predicted molar refractivity (Wildman–Crippen MR) is 145 cm³/mol. The Kier molecular flexibility index (Phi) is 7.09. The van der Waals surface area contributed by atoms with Gasteiger partial charge >= 0.3 is 0 Å². The van der Waals surface area contributed by atoms with E-state index >= 15 is 0 Å². The number of nitrogens with one attached hydrogen (secondary N) is 3. The lowest BCUT2D eigenvalue weighted by Gasteiger charge is -2.32. The fourth-order valence-corrected chi connectivity index (χ4v) is 4.77. The molecule has 3 amide bonds. The summed E-state index contributed by atoms with van der Waals surface area (Å²) in [6.45, 7) is 6.45. The van der Waals surface area contributed by atoms with Gasteiger partial charge in [0.2, 0.25) is 5.91 Å². The minimum atomic E-state index is -0.423. The summed E-state index contributed by atoms with van der Waals surface area (Å²) in [5.74, 6) is -1.35. The molecule has 2 aromatic heterocycles. The average Bonchev–Trinajstić information content (AvgIpc) is 3.59. The Morgan fingerprint density at radius 3 is 2.41 bits per heavy atom. The fraction of sp³-hybridized carbons (Fsp3) is 0.172. The highest BCUT2D eigenvalue weighted by Crippen LogP contribution is 2.32. The van der Waals surface area contributed by atoms with Gasteiger partial charge in [0, 0.05) is 41.3 Å².